The number of hydrogen-bond donors (Lipinski definition) is 2. The topological polar surface area (TPSA) is 90.4 Å². The first-order chi connectivity index (χ1) is 10.2. The molecule has 0 saturated carbocycles. The molecule has 6 nitrogen and oxygen atoms in total. The maximum Gasteiger partial charge on any atom is 0.334 e. The van der Waals surface area contributed by atoms with E-state index in [2.05, 4.69) is 9.82 Å². The van der Waals surface area contributed by atoms with Gasteiger partial charge in [0.1, 0.15) is 0 Å². The molecule has 2 rings (SSSR count). The molecule has 2 aromatic heterocycles. The molecule has 3 N–H and O–H groups in total. The second-order valence-corrected chi connectivity index (χ2v) is 5.43. The highest BCUT2D eigenvalue weighted by atomic mass is 32.1. The third kappa shape index (κ3) is 4.52. The molecule has 0 aliphatic rings. The zero-order chi connectivity index (χ0) is 15.1. The fourth-order valence-corrected chi connectivity index (χ4v) is 2.70. The number of aromatic nitrogens is 2. The van der Waals surface area contributed by atoms with Crippen molar-refractivity contribution in [2.75, 3.05) is 0 Å². The summed E-state index contributed by atoms with van der Waals surface area (Å²) in [5, 5.41) is 10.9. The molecule has 1 atom stereocenters. The summed E-state index contributed by atoms with van der Waals surface area (Å²) in [5.74, 6) is 3.94. The van der Waals surface area contributed by atoms with Crippen LogP contribution in [0.3, 0.4) is 0 Å². The van der Waals surface area contributed by atoms with Crippen molar-refractivity contribution < 1.29 is 14.7 Å². The monoisotopic (exact) mass is 307 g/mol. The smallest absolute Gasteiger partial charge is 0.334 e. The van der Waals surface area contributed by atoms with Gasteiger partial charge in [-0.15, -0.1) is 11.3 Å². The molecule has 2 heterocycles. The lowest BCUT2D eigenvalue weighted by molar-refractivity contribution is -0.151. The van der Waals surface area contributed by atoms with E-state index < -0.39 is 12.1 Å². The fraction of sp³-hybridized carbons (Fsp3) is 0.286. The molecule has 0 fully saturated rings. The zero-order valence-electron chi connectivity index (χ0n) is 11.4. The number of rotatable bonds is 8. The van der Waals surface area contributed by atoms with Crippen molar-refractivity contribution in [2.24, 2.45) is 5.90 Å². The van der Waals surface area contributed by atoms with Gasteiger partial charge in [-0.3, -0.25) is 4.84 Å². The Bertz CT molecular complexity index is 579. The van der Waals surface area contributed by atoms with Crippen LogP contribution in [-0.4, -0.2) is 26.7 Å². The van der Waals surface area contributed by atoms with Gasteiger partial charge < -0.3 is 9.67 Å². The molecule has 112 valence electrons. The summed E-state index contributed by atoms with van der Waals surface area (Å²) in [4.78, 5) is 20.5. The van der Waals surface area contributed by atoms with E-state index in [1.165, 1.54) is 0 Å². The third-order valence-electron chi connectivity index (χ3n) is 3.01. The van der Waals surface area contributed by atoms with Crippen LogP contribution in [0, 0.1) is 0 Å². The van der Waals surface area contributed by atoms with E-state index in [0.717, 1.165) is 10.5 Å². The second kappa shape index (κ2) is 7.72. The highest BCUT2D eigenvalue weighted by Crippen LogP contribution is 2.23. The van der Waals surface area contributed by atoms with Gasteiger partial charge in [0.05, 0.1) is 6.33 Å². The number of hydrogen-bond acceptors (Lipinski definition) is 5. The van der Waals surface area contributed by atoms with Crippen molar-refractivity contribution in [3.05, 3.63) is 47.2 Å². The Morgan fingerprint density at radius 3 is 3.05 bits per heavy atom. The number of nitrogens with two attached hydrogens (primary N) is 1. The SMILES string of the molecule is NOC(CC/C=C(\Cn1ccnc1)c1cccs1)C(=O)O. The van der Waals surface area contributed by atoms with Gasteiger partial charge in [0, 0.05) is 23.8 Å². The first kappa shape index (κ1) is 15.4. The molecule has 7 heteroatoms. The normalized spacial score (nSPS) is 13.3. The molecule has 2 aromatic rings. The van der Waals surface area contributed by atoms with Crippen LogP contribution in [0.2, 0.25) is 0 Å². The summed E-state index contributed by atoms with van der Waals surface area (Å²) < 4.78 is 1.97. The lowest BCUT2D eigenvalue weighted by Gasteiger charge is -2.09. The van der Waals surface area contributed by atoms with Gasteiger partial charge in [-0.2, -0.15) is 0 Å². The molecule has 0 aliphatic carbocycles. The molecule has 1 unspecified atom stereocenters. The molecule has 0 aliphatic heterocycles. The molecular weight excluding hydrogens is 290 g/mol. The number of thiophene rings is 1. The van der Waals surface area contributed by atoms with E-state index in [-0.39, 0.29) is 0 Å². The van der Waals surface area contributed by atoms with E-state index in [1.807, 2.05) is 34.4 Å². The number of carboxylic acid groups (broad SMARTS) is 1. The Morgan fingerprint density at radius 2 is 2.48 bits per heavy atom. The van der Waals surface area contributed by atoms with Crippen LogP contribution in [0.15, 0.2) is 42.3 Å². The highest BCUT2D eigenvalue weighted by Gasteiger charge is 2.16. The van der Waals surface area contributed by atoms with E-state index in [0.29, 0.717) is 19.4 Å². The zero-order valence-corrected chi connectivity index (χ0v) is 12.2. The summed E-state index contributed by atoms with van der Waals surface area (Å²) in [7, 11) is 0. The van der Waals surface area contributed by atoms with E-state index in [1.54, 1.807) is 23.9 Å². The van der Waals surface area contributed by atoms with E-state index >= 15 is 0 Å². The summed E-state index contributed by atoms with van der Waals surface area (Å²) in [5.41, 5.74) is 1.13. The molecular formula is C14H17N3O3S. The predicted octanol–water partition coefficient (Wildman–Crippen LogP) is 2.15. The average Bonchev–Trinajstić information content (AvgIpc) is 3.14. The Hall–Kier alpha value is -1.96. The Labute approximate surface area is 126 Å². The lowest BCUT2D eigenvalue weighted by Crippen LogP contribution is -2.26. The van der Waals surface area contributed by atoms with Crippen molar-refractivity contribution in [1.29, 1.82) is 0 Å². The number of carbonyl (C=O) groups is 1. The van der Waals surface area contributed by atoms with Gasteiger partial charge in [-0.1, -0.05) is 12.1 Å². The van der Waals surface area contributed by atoms with Crippen molar-refractivity contribution in [3.63, 3.8) is 0 Å². The van der Waals surface area contributed by atoms with Crippen LogP contribution in [-0.2, 0) is 16.2 Å². The molecule has 0 aromatic carbocycles. The quantitative estimate of drug-likeness (QED) is 0.729. The largest absolute Gasteiger partial charge is 0.479 e. The minimum absolute atomic E-state index is 0.338. The molecule has 0 amide bonds. The minimum atomic E-state index is -1.04. The fourth-order valence-electron chi connectivity index (χ4n) is 1.94. The second-order valence-electron chi connectivity index (χ2n) is 4.48. The number of allylic oxidation sites excluding steroid dienone is 2. The van der Waals surface area contributed by atoms with Crippen molar-refractivity contribution in [1.82, 2.24) is 9.55 Å². The maximum absolute atomic E-state index is 10.9. The van der Waals surface area contributed by atoms with E-state index in [9.17, 15) is 4.79 Å². The van der Waals surface area contributed by atoms with Crippen LogP contribution in [0.25, 0.3) is 5.57 Å². The van der Waals surface area contributed by atoms with Crippen LogP contribution in [0.1, 0.15) is 17.7 Å². The minimum Gasteiger partial charge on any atom is -0.479 e. The van der Waals surface area contributed by atoms with Gasteiger partial charge in [-0.05, 0) is 29.9 Å². The molecule has 21 heavy (non-hydrogen) atoms. The number of imidazole rings is 1. The van der Waals surface area contributed by atoms with Gasteiger partial charge in [-0.25, -0.2) is 15.7 Å². The first-order valence-electron chi connectivity index (χ1n) is 6.47. The molecule has 0 bridgehead atoms. The van der Waals surface area contributed by atoms with Crippen molar-refractivity contribution in [3.8, 4) is 0 Å². The van der Waals surface area contributed by atoms with Crippen LogP contribution in [0.5, 0.6) is 0 Å². The number of carboxylic acids is 1. The highest BCUT2D eigenvalue weighted by molar-refractivity contribution is 7.11. The Balaban J connectivity index is 2.05. The summed E-state index contributed by atoms with van der Waals surface area (Å²) in [6.45, 7) is 0.696. The van der Waals surface area contributed by atoms with Gasteiger partial charge >= 0.3 is 5.97 Å². The molecule has 0 radical (unpaired) electrons. The summed E-state index contributed by atoms with van der Waals surface area (Å²) >= 11 is 1.65. The van der Waals surface area contributed by atoms with Gasteiger partial charge in [0.15, 0.2) is 6.10 Å². The van der Waals surface area contributed by atoms with Gasteiger partial charge in [0.25, 0.3) is 0 Å². The predicted molar refractivity (Wildman–Crippen MR) is 80.5 cm³/mol. The van der Waals surface area contributed by atoms with Crippen molar-refractivity contribution >= 4 is 22.9 Å². The van der Waals surface area contributed by atoms with Gasteiger partial charge in [0.2, 0.25) is 0 Å². The van der Waals surface area contributed by atoms with Crippen molar-refractivity contribution in [2.45, 2.75) is 25.5 Å². The third-order valence-corrected chi connectivity index (χ3v) is 3.95. The van der Waals surface area contributed by atoms with Crippen LogP contribution in [0.4, 0.5) is 0 Å². The van der Waals surface area contributed by atoms with Crippen LogP contribution >= 0.6 is 11.3 Å². The molecule has 0 saturated heterocycles. The Kier molecular flexibility index (Phi) is 5.68. The number of aliphatic carboxylic acids is 1. The van der Waals surface area contributed by atoms with E-state index in [4.69, 9.17) is 11.0 Å². The average molecular weight is 307 g/mol. The standard InChI is InChI=1S/C14H17N3O3S/c15-20-12(14(18)19)4-1-3-11(13-5-2-8-21-13)9-17-7-6-16-10-17/h2-3,5-8,10,12H,1,4,9,15H2,(H,18,19)/b11-3+. The number of nitrogens with zero attached hydrogens (tertiary/aromatic N) is 2. The first-order valence-corrected chi connectivity index (χ1v) is 7.35. The molecule has 0 spiro atoms. The summed E-state index contributed by atoms with van der Waals surface area (Å²) in [6, 6.07) is 4.03. The lowest BCUT2D eigenvalue weighted by atomic mass is 10.1. The maximum atomic E-state index is 10.9. The summed E-state index contributed by atoms with van der Waals surface area (Å²) in [6.07, 6.45) is 7.35. The van der Waals surface area contributed by atoms with Crippen LogP contribution < -0.4 is 5.90 Å². The Morgan fingerprint density at radius 1 is 1.62 bits per heavy atom.